The third-order valence-corrected chi connectivity index (χ3v) is 9.13. The molecule has 0 fully saturated rings. The molecule has 0 saturated carbocycles. The number of nitrogens with zero attached hydrogens (tertiary/aromatic N) is 2. The van der Waals surface area contributed by atoms with Crippen molar-refractivity contribution < 1.29 is 18.0 Å². The second-order valence-corrected chi connectivity index (χ2v) is 12.5. The SMILES string of the molecule is CCC(C)NC(=O)C(C)N(Cc1cccc(Br)c1)C(=O)CN(c1cccc(C)c1C)S(=O)(=O)c1ccccc1. The fourth-order valence-corrected chi connectivity index (χ4v) is 6.06. The quantitative estimate of drug-likeness (QED) is 0.305. The summed E-state index contributed by atoms with van der Waals surface area (Å²) in [6.07, 6.45) is 0.744. The maximum atomic E-state index is 14.0. The van der Waals surface area contributed by atoms with Crippen LogP contribution in [0.15, 0.2) is 82.2 Å². The predicted octanol–water partition coefficient (Wildman–Crippen LogP) is 5.59. The number of aryl methyl sites for hydroxylation is 1. The summed E-state index contributed by atoms with van der Waals surface area (Å²) in [5, 5.41) is 2.95. The Morgan fingerprint density at radius 1 is 0.949 bits per heavy atom. The van der Waals surface area contributed by atoms with E-state index in [9.17, 15) is 18.0 Å². The lowest BCUT2D eigenvalue weighted by molar-refractivity contribution is -0.139. The largest absolute Gasteiger partial charge is 0.352 e. The van der Waals surface area contributed by atoms with Crippen molar-refractivity contribution in [3.8, 4) is 0 Å². The van der Waals surface area contributed by atoms with E-state index >= 15 is 0 Å². The van der Waals surface area contributed by atoms with Gasteiger partial charge in [0.1, 0.15) is 12.6 Å². The molecule has 0 spiro atoms. The van der Waals surface area contributed by atoms with Crippen LogP contribution in [0.4, 0.5) is 5.69 Å². The van der Waals surface area contributed by atoms with E-state index in [1.807, 2.05) is 58.0 Å². The Morgan fingerprint density at radius 2 is 1.62 bits per heavy atom. The Labute approximate surface area is 240 Å². The third-order valence-electron chi connectivity index (χ3n) is 6.87. The molecule has 0 aliphatic rings. The first-order valence-electron chi connectivity index (χ1n) is 12.9. The second kappa shape index (κ2) is 13.3. The zero-order valence-corrected chi connectivity index (χ0v) is 25.4. The third kappa shape index (κ3) is 7.48. The predicted molar refractivity (Wildman–Crippen MR) is 159 cm³/mol. The summed E-state index contributed by atoms with van der Waals surface area (Å²) in [4.78, 5) is 28.7. The molecule has 2 atom stereocenters. The van der Waals surface area contributed by atoms with Gasteiger partial charge in [-0.05, 0) is 81.1 Å². The number of hydrogen-bond donors (Lipinski definition) is 1. The average molecular weight is 615 g/mol. The van der Waals surface area contributed by atoms with Gasteiger partial charge in [-0.2, -0.15) is 0 Å². The average Bonchev–Trinajstić information content (AvgIpc) is 2.92. The van der Waals surface area contributed by atoms with E-state index < -0.39 is 28.5 Å². The van der Waals surface area contributed by atoms with Gasteiger partial charge in [-0.3, -0.25) is 13.9 Å². The van der Waals surface area contributed by atoms with Crippen LogP contribution in [0, 0.1) is 13.8 Å². The lowest BCUT2D eigenvalue weighted by Gasteiger charge is -2.33. The molecule has 208 valence electrons. The first kappa shape index (κ1) is 30.4. The van der Waals surface area contributed by atoms with Gasteiger partial charge in [0.2, 0.25) is 11.8 Å². The second-order valence-electron chi connectivity index (χ2n) is 9.69. The number of anilines is 1. The number of carbonyl (C=O) groups excluding carboxylic acids is 2. The van der Waals surface area contributed by atoms with Crippen molar-refractivity contribution in [3.05, 3.63) is 94.0 Å². The van der Waals surface area contributed by atoms with Crippen molar-refractivity contribution >= 4 is 43.5 Å². The van der Waals surface area contributed by atoms with Gasteiger partial charge in [0.25, 0.3) is 10.0 Å². The summed E-state index contributed by atoms with van der Waals surface area (Å²) in [5.41, 5.74) is 2.89. The van der Waals surface area contributed by atoms with Crippen LogP contribution in [-0.2, 0) is 26.2 Å². The van der Waals surface area contributed by atoms with Gasteiger partial charge in [-0.25, -0.2) is 8.42 Å². The van der Waals surface area contributed by atoms with Crippen molar-refractivity contribution in [1.82, 2.24) is 10.2 Å². The molecule has 0 radical (unpaired) electrons. The van der Waals surface area contributed by atoms with Gasteiger partial charge >= 0.3 is 0 Å². The maximum absolute atomic E-state index is 14.0. The number of nitrogens with one attached hydrogen (secondary N) is 1. The van der Waals surface area contributed by atoms with Gasteiger partial charge in [-0.1, -0.05) is 65.3 Å². The zero-order chi connectivity index (χ0) is 28.7. The number of hydrogen-bond acceptors (Lipinski definition) is 4. The molecule has 3 rings (SSSR count). The summed E-state index contributed by atoms with van der Waals surface area (Å²) < 4.78 is 29.8. The number of rotatable bonds is 11. The molecule has 1 N–H and O–H groups in total. The smallest absolute Gasteiger partial charge is 0.264 e. The normalized spacial score (nSPS) is 12.9. The molecule has 7 nitrogen and oxygen atoms in total. The molecule has 2 unspecified atom stereocenters. The molecule has 0 heterocycles. The number of amides is 2. The highest BCUT2D eigenvalue weighted by molar-refractivity contribution is 9.10. The van der Waals surface area contributed by atoms with Crippen molar-refractivity contribution in [2.24, 2.45) is 0 Å². The standard InChI is InChI=1S/C30H36BrN3O4S/c1-6-22(3)32-30(36)24(5)33(19-25-13-11-14-26(31)18-25)29(35)20-34(28-17-10-12-21(2)23(28)4)39(37,38)27-15-8-7-9-16-27/h7-18,22,24H,6,19-20H2,1-5H3,(H,32,36). The summed E-state index contributed by atoms with van der Waals surface area (Å²) >= 11 is 3.46. The van der Waals surface area contributed by atoms with Crippen LogP contribution in [0.1, 0.15) is 43.9 Å². The zero-order valence-electron chi connectivity index (χ0n) is 23.0. The van der Waals surface area contributed by atoms with Crippen LogP contribution in [0.25, 0.3) is 0 Å². The van der Waals surface area contributed by atoms with Gasteiger partial charge in [0.05, 0.1) is 10.6 Å². The van der Waals surface area contributed by atoms with Crippen LogP contribution in [0.5, 0.6) is 0 Å². The van der Waals surface area contributed by atoms with E-state index in [1.54, 1.807) is 37.3 Å². The number of carbonyl (C=O) groups is 2. The minimum absolute atomic E-state index is 0.0623. The molecule has 0 aliphatic heterocycles. The molecular formula is C30H36BrN3O4S. The molecule has 0 aliphatic carbocycles. The van der Waals surface area contributed by atoms with Gasteiger partial charge < -0.3 is 10.2 Å². The number of halogens is 1. The first-order chi connectivity index (χ1) is 18.4. The van der Waals surface area contributed by atoms with E-state index in [4.69, 9.17) is 0 Å². The highest BCUT2D eigenvalue weighted by atomic mass is 79.9. The summed E-state index contributed by atoms with van der Waals surface area (Å²) in [7, 11) is -4.09. The summed E-state index contributed by atoms with van der Waals surface area (Å²) in [5.74, 6) is -0.779. The summed E-state index contributed by atoms with van der Waals surface area (Å²) in [6, 6.07) is 20.0. The lowest BCUT2D eigenvalue weighted by atomic mass is 10.1. The van der Waals surface area contributed by atoms with E-state index in [2.05, 4.69) is 21.2 Å². The number of benzene rings is 3. The van der Waals surface area contributed by atoms with Crippen LogP contribution < -0.4 is 9.62 Å². The van der Waals surface area contributed by atoms with Crippen molar-refractivity contribution in [2.45, 2.75) is 64.6 Å². The van der Waals surface area contributed by atoms with Crippen molar-refractivity contribution in [3.63, 3.8) is 0 Å². The van der Waals surface area contributed by atoms with Gasteiger partial charge in [0.15, 0.2) is 0 Å². The van der Waals surface area contributed by atoms with Crippen LogP contribution >= 0.6 is 15.9 Å². The fourth-order valence-electron chi connectivity index (χ4n) is 4.12. The topological polar surface area (TPSA) is 86.8 Å². The molecule has 0 aromatic heterocycles. The highest BCUT2D eigenvalue weighted by Gasteiger charge is 2.33. The Kier molecular flexibility index (Phi) is 10.3. The van der Waals surface area contributed by atoms with E-state index in [-0.39, 0.29) is 23.4 Å². The molecule has 39 heavy (non-hydrogen) atoms. The molecule has 2 amide bonds. The highest BCUT2D eigenvalue weighted by Crippen LogP contribution is 2.29. The Hall–Kier alpha value is -3.17. The van der Waals surface area contributed by atoms with E-state index in [1.165, 1.54) is 17.0 Å². The van der Waals surface area contributed by atoms with Crippen molar-refractivity contribution in [2.75, 3.05) is 10.8 Å². The minimum atomic E-state index is -4.09. The van der Waals surface area contributed by atoms with Crippen LogP contribution in [-0.4, -0.2) is 43.8 Å². The van der Waals surface area contributed by atoms with Crippen LogP contribution in [0.3, 0.4) is 0 Å². The molecule has 0 bridgehead atoms. The molecule has 0 saturated heterocycles. The van der Waals surface area contributed by atoms with Crippen molar-refractivity contribution in [1.29, 1.82) is 0 Å². The minimum Gasteiger partial charge on any atom is -0.352 e. The lowest BCUT2D eigenvalue weighted by Crippen LogP contribution is -2.52. The molecule has 3 aromatic carbocycles. The Morgan fingerprint density at radius 3 is 2.26 bits per heavy atom. The summed E-state index contributed by atoms with van der Waals surface area (Å²) in [6.45, 7) is 8.95. The first-order valence-corrected chi connectivity index (χ1v) is 15.2. The maximum Gasteiger partial charge on any atom is 0.264 e. The Bertz CT molecular complexity index is 1410. The molecule has 3 aromatic rings. The van der Waals surface area contributed by atoms with Gasteiger partial charge in [0, 0.05) is 17.1 Å². The number of sulfonamides is 1. The van der Waals surface area contributed by atoms with Gasteiger partial charge in [-0.15, -0.1) is 0 Å². The fraction of sp³-hybridized carbons (Fsp3) is 0.333. The molecular weight excluding hydrogens is 578 g/mol. The Balaban J connectivity index is 2.06. The monoisotopic (exact) mass is 613 g/mol. The van der Waals surface area contributed by atoms with E-state index in [0.29, 0.717) is 5.69 Å². The van der Waals surface area contributed by atoms with Crippen LogP contribution in [0.2, 0.25) is 0 Å². The molecule has 9 heteroatoms. The van der Waals surface area contributed by atoms with E-state index in [0.717, 1.165) is 31.9 Å².